The van der Waals surface area contributed by atoms with Crippen LogP contribution in [0.1, 0.15) is 86.4 Å². The second kappa shape index (κ2) is 19.5. The summed E-state index contributed by atoms with van der Waals surface area (Å²) in [5, 5.41) is 20.1. The first-order valence-electron chi connectivity index (χ1n) is 23.9. The number of nitriles is 1. The van der Waals surface area contributed by atoms with Crippen LogP contribution in [0.4, 0.5) is 11.4 Å². The van der Waals surface area contributed by atoms with E-state index in [0.717, 1.165) is 59.8 Å². The second-order valence-corrected chi connectivity index (χ2v) is 19.1. The first kappa shape index (κ1) is 46.9. The fraction of sp³-hybridized carbons (Fsp3) is 0.357. The minimum absolute atomic E-state index is 0.0121. The molecule has 3 aliphatic rings. The fourth-order valence-corrected chi connectivity index (χ4v) is 10.3. The van der Waals surface area contributed by atoms with Crippen molar-refractivity contribution in [3.63, 3.8) is 0 Å². The SMILES string of the molecule is Cc1c(N(C(=O)c2cc(-c3cc4c(cc3C(=O)N3Cc5ccccc5C[C@H]3C)CN(C(=O)Cc3ccc(OCCN5C[C@@H](C)O[C@H](C)C5)cc3)CC4)n(C)c2C)c2ccc(O)cc2)cc(C#N)n1C. The van der Waals surface area contributed by atoms with Crippen LogP contribution in [0.25, 0.3) is 11.3 Å². The lowest BCUT2D eigenvalue weighted by atomic mass is 9.89. The lowest BCUT2D eigenvalue weighted by Crippen LogP contribution is -2.46. The molecular formula is C56H61N7O6. The monoisotopic (exact) mass is 927 g/mol. The van der Waals surface area contributed by atoms with E-state index in [0.29, 0.717) is 77.8 Å². The van der Waals surface area contributed by atoms with Crippen molar-refractivity contribution in [2.75, 3.05) is 37.7 Å². The molecule has 0 bridgehead atoms. The van der Waals surface area contributed by atoms with E-state index in [4.69, 9.17) is 9.47 Å². The summed E-state index contributed by atoms with van der Waals surface area (Å²) >= 11 is 0. The van der Waals surface area contributed by atoms with Gasteiger partial charge in [-0.2, -0.15) is 5.26 Å². The van der Waals surface area contributed by atoms with E-state index in [1.165, 1.54) is 17.7 Å². The number of phenols is 1. The van der Waals surface area contributed by atoms with Gasteiger partial charge in [0.15, 0.2) is 0 Å². The highest BCUT2D eigenvalue weighted by Gasteiger charge is 2.34. The number of aromatic nitrogens is 2. The van der Waals surface area contributed by atoms with Gasteiger partial charge in [-0.25, -0.2) is 0 Å². The van der Waals surface area contributed by atoms with Crippen LogP contribution in [-0.4, -0.2) is 97.7 Å². The molecule has 9 rings (SSSR count). The minimum Gasteiger partial charge on any atom is -0.508 e. The van der Waals surface area contributed by atoms with Crippen LogP contribution < -0.4 is 9.64 Å². The largest absolute Gasteiger partial charge is 0.508 e. The van der Waals surface area contributed by atoms with E-state index in [2.05, 4.69) is 49.9 Å². The summed E-state index contributed by atoms with van der Waals surface area (Å²) in [5.74, 6) is 0.405. The zero-order valence-corrected chi connectivity index (χ0v) is 40.7. The molecule has 3 atom stereocenters. The topological polar surface area (TPSA) is 137 Å². The molecule has 1 fully saturated rings. The molecule has 0 spiro atoms. The number of carbonyl (C=O) groups excluding carboxylic acids is 3. The second-order valence-electron chi connectivity index (χ2n) is 19.1. The van der Waals surface area contributed by atoms with Crippen molar-refractivity contribution in [3.8, 4) is 28.8 Å². The molecule has 0 unspecified atom stereocenters. The zero-order chi connectivity index (χ0) is 48.7. The molecule has 6 aromatic rings. The molecule has 356 valence electrons. The molecule has 69 heavy (non-hydrogen) atoms. The molecule has 3 amide bonds. The highest BCUT2D eigenvalue weighted by molar-refractivity contribution is 6.13. The number of hydrogen-bond acceptors (Lipinski definition) is 8. The van der Waals surface area contributed by atoms with Gasteiger partial charge < -0.3 is 33.5 Å². The number of morpholine rings is 1. The van der Waals surface area contributed by atoms with Crippen molar-refractivity contribution in [2.24, 2.45) is 14.1 Å². The molecular weight excluding hydrogens is 867 g/mol. The summed E-state index contributed by atoms with van der Waals surface area (Å²) < 4.78 is 15.7. The number of hydrogen-bond donors (Lipinski definition) is 1. The van der Waals surface area contributed by atoms with Gasteiger partial charge in [-0.15, -0.1) is 0 Å². The highest BCUT2D eigenvalue weighted by atomic mass is 16.5. The van der Waals surface area contributed by atoms with Crippen LogP contribution in [0.3, 0.4) is 0 Å². The molecule has 1 saturated heterocycles. The van der Waals surface area contributed by atoms with Gasteiger partial charge in [0, 0.05) is 93.3 Å². The van der Waals surface area contributed by atoms with E-state index >= 15 is 9.59 Å². The summed E-state index contributed by atoms with van der Waals surface area (Å²) in [4.78, 5) is 52.0. The van der Waals surface area contributed by atoms with Crippen molar-refractivity contribution in [1.82, 2.24) is 23.8 Å². The number of aromatic hydroxyl groups is 1. The third-order valence-electron chi connectivity index (χ3n) is 14.4. The first-order chi connectivity index (χ1) is 33.2. The Kier molecular flexibility index (Phi) is 13.2. The maximum Gasteiger partial charge on any atom is 0.264 e. The van der Waals surface area contributed by atoms with E-state index in [9.17, 15) is 15.2 Å². The summed E-state index contributed by atoms with van der Waals surface area (Å²) in [7, 11) is 3.70. The third-order valence-corrected chi connectivity index (χ3v) is 14.4. The molecule has 0 aliphatic carbocycles. The number of nitrogens with zero attached hydrogens (tertiary/aromatic N) is 7. The Hall–Kier alpha value is -7.14. The Labute approximate surface area is 404 Å². The molecule has 13 heteroatoms. The smallest absolute Gasteiger partial charge is 0.264 e. The molecule has 1 N–H and O–H groups in total. The van der Waals surface area contributed by atoms with E-state index in [1.807, 2.05) is 83.8 Å². The van der Waals surface area contributed by atoms with Crippen LogP contribution in [-0.2, 0) is 56.0 Å². The van der Waals surface area contributed by atoms with Crippen LogP contribution in [0.2, 0.25) is 0 Å². The first-order valence-corrected chi connectivity index (χ1v) is 23.9. The van der Waals surface area contributed by atoms with Gasteiger partial charge in [0.2, 0.25) is 5.91 Å². The van der Waals surface area contributed by atoms with Gasteiger partial charge in [-0.3, -0.25) is 24.2 Å². The number of carbonyl (C=O) groups is 3. The minimum atomic E-state index is -0.324. The number of phenolic OH excluding ortho intramolecular Hbond substituents is 1. The molecule has 13 nitrogen and oxygen atoms in total. The average Bonchev–Trinajstić information content (AvgIpc) is 3.80. The number of fused-ring (bicyclic) bond motifs is 2. The maximum atomic E-state index is 15.2. The van der Waals surface area contributed by atoms with E-state index in [-0.39, 0.29) is 48.1 Å². The molecule has 0 saturated carbocycles. The fourth-order valence-electron chi connectivity index (χ4n) is 10.3. The predicted molar refractivity (Wildman–Crippen MR) is 266 cm³/mol. The summed E-state index contributed by atoms with van der Waals surface area (Å²) in [6, 6.07) is 32.3. The number of benzene rings is 4. The highest BCUT2D eigenvalue weighted by Crippen LogP contribution is 2.38. The average molecular weight is 928 g/mol. The van der Waals surface area contributed by atoms with Gasteiger partial charge in [-0.1, -0.05) is 36.4 Å². The summed E-state index contributed by atoms with van der Waals surface area (Å²) in [6.07, 6.45) is 1.98. The lowest BCUT2D eigenvalue weighted by Gasteiger charge is -2.36. The van der Waals surface area contributed by atoms with Crippen LogP contribution >= 0.6 is 0 Å². The molecule has 3 aliphatic heterocycles. The van der Waals surface area contributed by atoms with Crippen LogP contribution in [0, 0.1) is 25.2 Å². The Morgan fingerprint density at radius 2 is 1.52 bits per heavy atom. The van der Waals surface area contributed by atoms with Crippen molar-refractivity contribution in [3.05, 3.63) is 153 Å². The van der Waals surface area contributed by atoms with Crippen molar-refractivity contribution < 1.29 is 29.0 Å². The van der Waals surface area contributed by atoms with Crippen molar-refractivity contribution >= 4 is 29.1 Å². The number of anilines is 2. The quantitative estimate of drug-likeness (QED) is 0.137. The molecule has 2 aromatic heterocycles. The maximum absolute atomic E-state index is 15.2. The molecule has 0 radical (unpaired) electrons. The normalized spacial score (nSPS) is 18.0. The Balaban J connectivity index is 1.01. The summed E-state index contributed by atoms with van der Waals surface area (Å²) in [6.45, 7) is 14.6. The third kappa shape index (κ3) is 9.52. The predicted octanol–water partition coefficient (Wildman–Crippen LogP) is 8.41. The Morgan fingerprint density at radius 3 is 2.22 bits per heavy atom. The number of ether oxygens (including phenoxy) is 2. The van der Waals surface area contributed by atoms with Gasteiger partial charge in [0.25, 0.3) is 11.8 Å². The summed E-state index contributed by atoms with van der Waals surface area (Å²) in [5.41, 5.74) is 10.5. The Morgan fingerprint density at radius 1 is 0.812 bits per heavy atom. The van der Waals surface area contributed by atoms with Crippen molar-refractivity contribution in [1.29, 1.82) is 5.26 Å². The van der Waals surface area contributed by atoms with Crippen molar-refractivity contribution in [2.45, 2.75) is 85.2 Å². The number of amides is 3. The zero-order valence-electron chi connectivity index (χ0n) is 40.7. The molecule has 4 aromatic carbocycles. The van der Waals surface area contributed by atoms with Gasteiger partial charge in [0.1, 0.15) is 29.9 Å². The van der Waals surface area contributed by atoms with E-state index < -0.39 is 0 Å². The van der Waals surface area contributed by atoms with Gasteiger partial charge in [-0.05, 0) is 136 Å². The van der Waals surface area contributed by atoms with E-state index in [1.54, 1.807) is 34.7 Å². The molecule has 5 heterocycles. The standard InChI is InChI=1S/C56H61N7O6/c1-35-24-41-10-8-9-11-43(41)34-62(35)55(66)51-27-44-33-61(54(65)25-40-12-18-48(19-13-40)68-23-22-60-31-36(2)69-37(3)32-60)21-20-42(44)26-50(51)53-29-49(38(4)59(53)7)56(67)63(45-14-16-47(64)17-15-45)52-28-46(30-57)58(6)39(52)5/h8-19,26-29,35-37,64H,20-25,31-34H2,1-7H3/t35-,36-,37-/m1/s1. The number of rotatable bonds is 11. The Bertz CT molecular complexity index is 2950. The van der Waals surface area contributed by atoms with Gasteiger partial charge in [0.05, 0.1) is 29.9 Å². The van der Waals surface area contributed by atoms with Crippen LogP contribution in [0.5, 0.6) is 11.5 Å². The lowest BCUT2D eigenvalue weighted by molar-refractivity contribution is -0.131. The van der Waals surface area contributed by atoms with Crippen LogP contribution in [0.15, 0.2) is 97.1 Å². The van der Waals surface area contributed by atoms with Gasteiger partial charge >= 0.3 is 0 Å².